The van der Waals surface area contributed by atoms with Crippen molar-refractivity contribution < 1.29 is 9.53 Å². The normalized spacial score (nSPS) is 9.96. The van der Waals surface area contributed by atoms with Gasteiger partial charge in [-0.3, -0.25) is 4.79 Å². The van der Waals surface area contributed by atoms with Crippen molar-refractivity contribution in [1.29, 1.82) is 5.26 Å². The van der Waals surface area contributed by atoms with Crippen molar-refractivity contribution in [3.63, 3.8) is 0 Å². The molecule has 0 aliphatic carbocycles. The van der Waals surface area contributed by atoms with E-state index in [1.807, 2.05) is 0 Å². The lowest BCUT2D eigenvalue weighted by atomic mass is 10.2. The van der Waals surface area contributed by atoms with Crippen LogP contribution in [-0.4, -0.2) is 18.0 Å². The third kappa shape index (κ3) is 4.54. The Morgan fingerprint density at radius 3 is 2.63 bits per heavy atom. The molecule has 27 heavy (non-hydrogen) atoms. The number of aromatic nitrogens is 1. The number of nitriles is 1. The number of nitrogens with zero attached hydrogens (tertiary/aromatic N) is 2. The van der Waals surface area contributed by atoms with E-state index in [9.17, 15) is 4.79 Å². The zero-order valence-electron chi connectivity index (χ0n) is 14.4. The Labute approximate surface area is 161 Å². The highest BCUT2D eigenvalue weighted by molar-refractivity contribution is 6.31. The summed E-state index contributed by atoms with van der Waals surface area (Å²) in [6.45, 7) is 0. The number of ether oxygens (including phenoxy) is 1. The number of rotatable bonds is 5. The number of methoxy groups -OCH3 is 1. The first-order valence-electron chi connectivity index (χ1n) is 7.97. The monoisotopic (exact) mass is 378 g/mol. The Kier molecular flexibility index (Phi) is 5.55. The molecule has 0 aliphatic heterocycles. The van der Waals surface area contributed by atoms with Crippen LogP contribution in [0.2, 0.25) is 5.02 Å². The summed E-state index contributed by atoms with van der Waals surface area (Å²) < 4.78 is 5.24. The van der Waals surface area contributed by atoms with Crippen molar-refractivity contribution in [1.82, 2.24) is 4.98 Å². The molecule has 0 unspecified atom stereocenters. The van der Waals surface area contributed by atoms with Crippen molar-refractivity contribution in [2.24, 2.45) is 0 Å². The maximum absolute atomic E-state index is 12.6. The van der Waals surface area contributed by atoms with E-state index in [4.69, 9.17) is 21.6 Å². The average molecular weight is 379 g/mol. The van der Waals surface area contributed by atoms with Crippen molar-refractivity contribution in [2.75, 3.05) is 17.7 Å². The molecule has 134 valence electrons. The summed E-state index contributed by atoms with van der Waals surface area (Å²) in [6.07, 6.45) is 1.54. The SMILES string of the molecule is COc1ccc(Cl)cc1NC(=O)c1ccnc(Nc2ccc(C#N)cc2)c1. The van der Waals surface area contributed by atoms with Gasteiger partial charge in [-0.1, -0.05) is 11.6 Å². The van der Waals surface area contributed by atoms with E-state index in [0.29, 0.717) is 33.4 Å². The molecule has 7 heteroatoms. The van der Waals surface area contributed by atoms with E-state index < -0.39 is 0 Å². The topological polar surface area (TPSA) is 87.0 Å². The van der Waals surface area contributed by atoms with Crippen LogP contribution < -0.4 is 15.4 Å². The van der Waals surface area contributed by atoms with Gasteiger partial charge in [-0.25, -0.2) is 4.98 Å². The molecular weight excluding hydrogens is 364 g/mol. The number of anilines is 3. The molecule has 2 N–H and O–H groups in total. The predicted molar refractivity (Wildman–Crippen MR) is 105 cm³/mol. The first-order chi connectivity index (χ1) is 13.1. The minimum atomic E-state index is -0.319. The zero-order chi connectivity index (χ0) is 19.2. The molecular formula is C20H15ClN4O2. The highest BCUT2D eigenvalue weighted by Gasteiger charge is 2.11. The number of amides is 1. The van der Waals surface area contributed by atoms with E-state index in [2.05, 4.69) is 21.7 Å². The third-order valence-electron chi connectivity index (χ3n) is 3.72. The Morgan fingerprint density at radius 1 is 1.15 bits per heavy atom. The first-order valence-corrected chi connectivity index (χ1v) is 8.35. The van der Waals surface area contributed by atoms with Gasteiger partial charge in [0.25, 0.3) is 5.91 Å². The van der Waals surface area contributed by atoms with Gasteiger partial charge in [0.2, 0.25) is 0 Å². The minimum absolute atomic E-state index is 0.319. The standard InChI is InChI=1S/C20H15ClN4O2/c1-27-18-7-4-15(21)11-17(18)25-20(26)14-8-9-23-19(10-14)24-16-5-2-13(12-22)3-6-16/h2-11H,1H3,(H,23,24)(H,25,26). The number of pyridine rings is 1. The number of carbonyl (C=O) groups is 1. The van der Waals surface area contributed by atoms with Gasteiger partial charge in [0.1, 0.15) is 11.6 Å². The number of halogens is 1. The third-order valence-corrected chi connectivity index (χ3v) is 3.95. The molecule has 0 fully saturated rings. The molecule has 1 amide bonds. The number of benzene rings is 2. The van der Waals surface area contributed by atoms with Crippen molar-refractivity contribution in [3.05, 3.63) is 76.9 Å². The van der Waals surface area contributed by atoms with Crippen molar-refractivity contribution in [3.8, 4) is 11.8 Å². The molecule has 3 rings (SSSR count). The Bertz CT molecular complexity index is 1010. The quantitative estimate of drug-likeness (QED) is 0.676. The largest absolute Gasteiger partial charge is 0.495 e. The van der Waals surface area contributed by atoms with Crippen LogP contribution in [0.5, 0.6) is 5.75 Å². The van der Waals surface area contributed by atoms with Crippen LogP contribution in [0.15, 0.2) is 60.8 Å². The van der Waals surface area contributed by atoms with Crippen LogP contribution >= 0.6 is 11.6 Å². The molecule has 0 atom stereocenters. The molecule has 2 aromatic carbocycles. The summed E-state index contributed by atoms with van der Waals surface area (Å²) in [6, 6.07) is 17.2. The molecule has 6 nitrogen and oxygen atoms in total. The summed E-state index contributed by atoms with van der Waals surface area (Å²) in [5, 5.41) is 15.2. The molecule has 1 aromatic heterocycles. The Morgan fingerprint density at radius 2 is 1.93 bits per heavy atom. The van der Waals surface area contributed by atoms with Gasteiger partial charge in [0, 0.05) is 22.5 Å². The highest BCUT2D eigenvalue weighted by atomic mass is 35.5. The van der Waals surface area contributed by atoms with E-state index in [1.54, 1.807) is 54.6 Å². The maximum Gasteiger partial charge on any atom is 0.255 e. The number of carbonyl (C=O) groups excluding carboxylic acids is 1. The van der Waals surface area contributed by atoms with E-state index in [0.717, 1.165) is 5.69 Å². The van der Waals surface area contributed by atoms with Gasteiger partial charge in [0.05, 0.1) is 24.4 Å². The molecule has 0 saturated carbocycles. The van der Waals surface area contributed by atoms with Crippen LogP contribution in [0.1, 0.15) is 15.9 Å². The van der Waals surface area contributed by atoms with Crippen molar-refractivity contribution >= 4 is 34.7 Å². The van der Waals surface area contributed by atoms with Gasteiger partial charge in [0.15, 0.2) is 0 Å². The molecule has 3 aromatic rings. The molecule has 1 heterocycles. The fourth-order valence-corrected chi connectivity index (χ4v) is 2.56. The minimum Gasteiger partial charge on any atom is -0.495 e. The van der Waals surface area contributed by atoms with Gasteiger partial charge < -0.3 is 15.4 Å². The number of hydrogen-bond donors (Lipinski definition) is 2. The van der Waals surface area contributed by atoms with Gasteiger partial charge >= 0.3 is 0 Å². The maximum atomic E-state index is 12.6. The summed E-state index contributed by atoms with van der Waals surface area (Å²) in [4.78, 5) is 16.8. The Balaban J connectivity index is 1.77. The number of hydrogen-bond acceptors (Lipinski definition) is 5. The lowest BCUT2D eigenvalue weighted by molar-refractivity contribution is 0.102. The Hall–Kier alpha value is -3.56. The molecule has 0 radical (unpaired) electrons. The van der Waals surface area contributed by atoms with Crippen LogP contribution in [0.4, 0.5) is 17.2 Å². The summed E-state index contributed by atoms with van der Waals surface area (Å²) >= 11 is 5.99. The van der Waals surface area contributed by atoms with Gasteiger partial charge in [-0.05, 0) is 54.6 Å². The van der Waals surface area contributed by atoms with Gasteiger partial charge in [-0.2, -0.15) is 5.26 Å². The second-order valence-electron chi connectivity index (χ2n) is 5.54. The molecule has 0 spiro atoms. The van der Waals surface area contributed by atoms with Crippen LogP contribution in [-0.2, 0) is 0 Å². The average Bonchev–Trinajstić information content (AvgIpc) is 2.69. The summed E-state index contributed by atoms with van der Waals surface area (Å²) in [7, 11) is 1.52. The first kappa shape index (κ1) is 18.2. The number of nitrogens with one attached hydrogen (secondary N) is 2. The van der Waals surface area contributed by atoms with E-state index in [-0.39, 0.29) is 5.91 Å². The smallest absolute Gasteiger partial charge is 0.255 e. The molecule has 0 bridgehead atoms. The lowest BCUT2D eigenvalue weighted by Crippen LogP contribution is -2.13. The van der Waals surface area contributed by atoms with Crippen LogP contribution in [0, 0.1) is 11.3 Å². The highest BCUT2D eigenvalue weighted by Crippen LogP contribution is 2.28. The fourth-order valence-electron chi connectivity index (χ4n) is 2.39. The predicted octanol–water partition coefficient (Wildman–Crippen LogP) is 4.61. The molecule has 0 aliphatic rings. The summed E-state index contributed by atoms with van der Waals surface area (Å²) in [5.74, 6) is 0.698. The van der Waals surface area contributed by atoms with Crippen LogP contribution in [0.25, 0.3) is 0 Å². The van der Waals surface area contributed by atoms with Crippen LogP contribution in [0.3, 0.4) is 0 Å². The van der Waals surface area contributed by atoms with E-state index in [1.165, 1.54) is 13.3 Å². The summed E-state index contributed by atoms with van der Waals surface area (Å²) in [5.41, 5.74) is 2.23. The fraction of sp³-hybridized carbons (Fsp3) is 0.0500. The second-order valence-corrected chi connectivity index (χ2v) is 5.98. The molecule has 0 saturated heterocycles. The van der Waals surface area contributed by atoms with Gasteiger partial charge in [-0.15, -0.1) is 0 Å². The lowest BCUT2D eigenvalue weighted by Gasteiger charge is -2.11. The zero-order valence-corrected chi connectivity index (χ0v) is 15.1. The van der Waals surface area contributed by atoms with Crippen molar-refractivity contribution in [2.45, 2.75) is 0 Å². The van der Waals surface area contributed by atoms with E-state index >= 15 is 0 Å². The second kappa shape index (κ2) is 8.21.